The Morgan fingerprint density at radius 2 is 1.76 bits per heavy atom. The Morgan fingerprint density at radius 1 is 1.03 bits per heavy atom. The van der Waals surface area contributed by atoms with E-state index >= 15 is 0 Å². The van der Waals surface area contributed by atoms with Crippen LogP contribution >= 0.6 is 0 Å². The van der Waals surface area contributed by atoms with Gasteiger partial charge in [0, 0.05) is 25.2 Å². The van der Waals surface area contributed by atoms with Gasteiger partial charge in [-0.1, -0.05) is 18.2 Å². The van der Waals surface area contributed by atoms with Crippen LogP contribution in [-0.2, 0) is 17.9 Å². The normalized spacial score (nSPS) is 12.4. The number of ether oxygens (including phenoxy) is 2. The molecule has 3 N–H and O–H groups in total. The first-order valence-electron chi connectivity index (χ1n) is 11.4. The van der Waals surface area contributed by atoms with Crippen molar-refractivity contribution in [1.29, 1.82) is 0 Å². The number of carbonyl (C=O) groups excluding carboxylic acids is 3. The van der Waals surface area contributed by atoms with Crippen LogP contribution in [0.5, 0.6) is 11.5 Å². The molecule has 3 amide bonds. The summed E-state index contributed by atoms with van der Waals surface area (Å²) in [5, 5.41) is 12.3. The fourth-order valence-corrected chi connectivity index (χ4v) is 3.77. The van der Waals surface area contributed by atoms with Crippen LogP contribution in [0.25, 0.3) is 5.65 Å². The lowest BCUT2D eigenvalue weighted by Crippen LogP contribution is -2.28. The van der Waals surface area contributed by atoms with E-state index in [1.807, 2.05) is 0 Å². The van der Waals surface area contributed by atoms with Crippen LogP contribution in [0.2, 0.25) is 0 Å². The molecule has 0 aliphatic carbocycles. The van der Waals surface area contributed by atoms with Gasteiger partial charge in [-0.2, -0.15) is 13.9 Å². The number of nitrogens with one attached hydrogen (secondary N) is 3. The maximum atomic E-state index is 13.0. The van der Waals surface area contributed by atoms with Crippen LogP contribution in [0, 0.1) is 0 Å². The second-order valence-electron chi connectivity index (χ2n) is 8.18. The van der Waals surface area contributed by atoms with Crippen molar-refractivity contribution in [1.82, 2.24) is 25.2 Å². The Hall–Kier alpha value is -5.07. The Balaban J connectivity index is 1.27. The van der Waals surface area contributed by atoms with E-state index < -0.39 is 18.4 Å². The van der Waals surface area contributed by atoms with E-state index in [-0.39, 0.29) is 42.7 Å². The molecule has 1 aliphatic heterocycles. The summed E-state index contributed by atoms with van der Waals surface area (Å²) < 4.78 is 35.6. The van der Waals surface area contributed by atoms with Crippen molar-refractivity contribution in [2.45, 2.75) is 19.7 Å². The van der Waals surface area contributed by atoms with E-state index in [1.54, 1.807) is 36.4 Å². The molecule has 0 bridgehead atoms. The molecule has 0 saturated carbocycles. The molecule has 0 atom stereocenters. The third kappa shape index (κ3) is 5.51. The van der Waals surface area contributed by atoms with Crippen molar-refractivity contribution in [3.8, 4) is 11.5 Å². The zero-order chi connectivity index (χ0) is 26.6. The van der Waals surface area contributed by atoms with Crippen LogP contribution in [0.4, 0.5) is 14.5 Å². The molecular formula is C25H20F2N6O5. The molecule has 0 radical (unpaired) electrons. The number of aromatic nitrogens is 3. The number of amides is 3. The first kappa shape index (κ1) is 24.6. The maximum Gasteiger partial charge on any atom is 0.387 e. The number of hydrogen-bond donors (Lipinski definition) is 3. The molecule has 0 spiro atoms. The highest BCUT2D eigenvalue weighted by molar-refractivity contribution is 5.98. The van der Waals surface area contributed by atoms with Gasteiger partial charge in [-0.25, -0.2) is 9.50 Å². The van der Waals surface area contributed by atoms with Gasteiger partial charge in [0.15, 0.2) is 12.3 Å². The van der Waals surface area contributed by atoms with Crippen LogP contribution in [0.3, 0.4) is 0 Å². The molecule has 1 aliphatic rings. The minimum absolute atomic E-state index is 0.00578. The summed E-state index contributed by atoms with van der Waals surface area (Å²) in [7, 11) is 0. The highest BCUT2D eigenvalue weighted by Crippen LogP contribution is 2.28. The maximum absolute atomic E-state index is 13.0. The lowest BCUT2D eigenvalue weighted by atomic mass is 10.1. The molecular weight excluding hydrogens is 502 g/mol. The van der Waals surface area contributed by atoms with E-state index in [0.29, 0.717) is 22.6 Å². The summed E-state index contributed by atoms with van der Waals surface area (Å²) in [6, 6.07) is 13.9. The van der Waals surface area contributed by atoms with Crippen LogP contribution in [0.1, 0.15) is 32.1 Å². The lowest BCUT2D eigenvalue weighted by Gasteiger charge is -2.18. The van der Waals surface area contributed by atoms with E-state index in [2.05, 4.69) is 30.8 Å². The van der Waals surface area contributed by atoms with Gasteiger partial charge in [-0.15, -0.1) is 0 Å². The molecule has 38 heavy (non-hydrogen) atoms. The topological polar surface area (TPSA) is 136 Å². The number of alkyl halides is 2. The molecule has 11 nitrogen and oxygen atoms in total. The number of hydrogen-bond acceptors (Lipinski definition) is 7. The van der Waals surface area contributed by atoms with Crippen molar-refractivity contribution < 1.29 is 32.6 Å². The molecule has 13 heteroatoms. The molecule has 0 unspecified atom stereocenters. The van der Waals surface area contributed by atoms with Gasteiger partial charge < -0.3 is 25.4 Å². The molecule has 2 aromatic carbocycles. The summed E-state index contributed by atoms with van der Waals surface area (Å²) in [6.45, 7) is -2.74. The minimum Gasteiger partial charge on any atom is -0.482 e. The summed E-state index contributed by atoms with van der Waals surface area (Å²) in [5.74, 6) is -0.753. The van der Waals surface area contributed by atoms with Crippen molar-refractivity contribution in [2.75, 3.05) is 11.9 Å². The number of rotatable bonds is 8. The first-order valence-corrected chi connectivity index (χ1v) is 11.4. The summed E-state index contributed by atoms with van der Waals surface area (Å²) >= 11 is 0. The van der Waals surface area contributed by atoms with Gasteiger partial charge in [0.05, 0.1) is 11.9 Å². The summed E-state index contributed by atoms with van der Waals surface area (Å²) in [4.78, 5) is 41.7. The molecule has 4 aromatic rings. The quantitative estimate of drug-likeness (QED) is 0.324. The number of anilines is 1. The smallest absolute Gasteiger partial charge is 0.387 e. The Labute approximate surface area is 213 Å². The van der Waals surface area contributed by atoms with Crippen molar-refractivity contribution in [3.63, 3.8) is 0 Å². The highest BCUT2D eigenvalue weighted by Gasteiger charge is 2.19. The summed E-state index contributed by atoms with van der Waals surface area (Å²) in [5.41, 5.74) is 2.26. The third-order valence-corrected chi connectivity index (χ3v) is 5.56. The third-order valence-electron chi connectivity index (χ3n) is 5.56. The monoisotopic (exact) mass is 522 g/mol. The minimum atomic E-state index is -2.93. The van der Waals surface area contributed by atoms with Gasteiger partial charge in [-0.3, -0.25) is 14.4 Å². The summed E-state index contributed by atoms with van der Waals surface area (Å²) in [6.07, 6.45) is 1.45. The molecule has 5 rings (SSSR count). The van der Waals surface area contributed by atoms with Gasteiger partial charge >= 0.3 is 6.61 Å². The van der Waals surface area contributed by atoms with E-state index in [9.17, 15) is 23.2 Å². The SMILES string of the molecule is O=C1COc2ccc(CNC(=O)c3cc(C(=O)NCc4ccc(OC(F)F)cc4)n4nccc4n3)cc2N1. The zero-order valence-electron chi connectivity index (χ0n) is 19.6. The van der Waals surface area contributed by atoms with Crippen LogP contribution in [-0.4, -0.2) is 45.5 Å². The van der Waals surface area contributed by atoms with Gasteiger partial charge in [0.2, 0.25) is 0 Å². The van der Waals surface area contributed by atoms with Gasteiger partial charge in [0.25, 0.3) is 17.7 Å². The largest absolute Gasteiger partial charge is 0.482 e. The molecule has 2 aromatic heterocycles. The van der Waals surface area contributed by atoms with E-state index in [0.717, 1.165) is 5.56 Å². The molecule has 3 heterocycles. The van der Waals surface area contributed by atoms with Crippen molar-refractivity contribution >= 4 is 29.1 Å². The van der Waals surface area contributed by atoms with E-state index in [4.69, 9.17) is 4.74 Å². The average molecular weight is 522 g/mol. The number of carbonyl (C=O) groups is 3. The number of benzene rings is 2. The average Bonchev–Trinajstić information content (AvgIpc) is 3.39. The van der Waals surface area contributed by atoms with E-state index in [1.165, 1.54) is 28.9 Å². The first-order chi connectivity index (χ1) is 18.4. The molecule has 0 saturated heterocycles. The molecule has 194 valence electrons. The fraction of sp³-hybridized carbons (Fsp3) is 0.160. The second-order valence-corrected chi connectivity index (χ2v) is 8.18. The Morgan fingerprint density at radius 3 is 2.55 bits per heavy atom. The molecule has 0 fully saturated rings. The number of halogens is 2. The van der Waals surface area contributed by atoms with Crippen LogP contribution < -0.4 is 25.4 Å². The second kappa shape index (κ2) is 10.5. The van der Waals surface area contributed by atoms with Crippen molar-refractivity contribution in [3.05, 3.63) is 83.3 Å². The van der Waals surface area contributed by atoms with Gasteiger partial charge in [0.1, 0.15) is 22.9 Å². The predicted molar refractivity (Wildman–Crippen MR) is 129 cm³/mol. The number of nitrogens with zero attached hydrogens (tertiary/aromatic N) is 3. The Kier molecular flexibility index (Phi) is 6.80. The van der Waals surface area contributed by atoms with Gasteiger partial charge in [-0.05, 0) is 35.4 Å². The zero-order valence-corrected chi connectivity index (χ0v) is 19.6. The highest BCUT2D eigenvalue weighted by atomic mass is 19.3. The predicted octanol–water partition coefficient (Wildman–Crippen LogP) is 2.52. The van der Waals surface area contributed by atoms with Crippen LogP contribution in [0.15, 0.2) is 60.8 Å². The fourth-order valence-electron chi connectivity index (χ4n) is 3.77. The Bertz CT molecular complexity index is 1520. The van der Waals surface area contributed by atoms with Crippen molar-refractivity contribution in [2.24, 2.45) is 0 Å². The standard InChI is InChI=1S/C25H20F2N6O5/c26-25(27)38-16-4-1-14(2-5-16)11-29-24(36)19-10-18(31-21-7-8-30-33(19)21)23(35)28-12-15-3-6-20-17(9-15)32-22(34)13-37-20/h1-10,25H,11-13H2,(H,28,35)(H,29,36)(H,32,34). The lowest BCUT2D eigenvalue weighted by molar-refractivity contribution is -0.118. The number of fused-ring (bicyclic) bond motifs is 2.